The summed E-state index contributed by atoms with van der Waals surface area (Å²) in [6.45, 7) is 5.28. The van der Waals surface area contributed by atoms with Crippen molar-refractivity contribution in [3.8, 4) is 0 Å². The number of halogens is 13. The molecule has 192 valence electrons. The summed E-state index contributed by atoms with van der Waals surface area (Å²) in [5.41, 5.74) is -4.01. The van der Waals surface area contributed by atoms with Crippen LogP contribution in [0.1, 0.15) is 45.2 Å². The minimum absolute atomic E-state index is 0.344. The fourth-order valence-corrected chi connectivity index (χ4v) is 2.77. The lowest BCUT2D eigenvalue weighted by atomic mass is 9.81. The first-order valence-corrected chi connectivity index (χ1v) is 8.96. The summed E-state index contributed by atoms with van der Waals surface area (Å²) in [4.78, 5) is 0. The van der Waals surface area contributed by atoms with Gasteiger partial charge in [-0.3, -0.25) is 0 Å². The number of aliphatic hydroxyl groups is 1. The van der Waals surface area contributed by atoms with Gasteiger partial charge in [0.15, 0.2) is 0 Å². The van der Waals surface area contributed by atoms with E-state index in [2.05, 4.69) is 0 Å². The number of alkyl halides is 13. The van der Waals surface area contributed by atoms with Gasteiger partial charge >= 0.3 is 35.8 Å². The van der Waals surface area contributed by atoms with Crippen molar-refractivity contribution >= 4 is 0 Å². The Morgan fingerprint density at radius 2 is 1.00 bits per heavy atom. The standard InChI is InChI=1S/C19H19F13O/c1-12(2,3)10-6-5-7-11(8-10)13(4,33)9-14(20,21)15(22,23)16(24,25)17(26,27)18(28,29)19(30,31)32/h5-8,33H,9H2,1-4H3. The minimum Gasteiger partial charge on any atom is -0.385 e. The van der Waals surface area contributed by atoms with Crippen molar-refractivity contribution in [3.05, 3.63) is 35.4 Å². The van der Waals surface area contributed by atoms with Gasteiger partial charge in [0.1, 0.15) is 0 Å². The van der Waals surface area contributed by atoms with Gasteiger partial charge in [-0.2, -0.15) is 57.1 Å². The predicted octanol–water partition coefficient (Wildman–Crippen LogP) is 7.32. The molecule has 1 nitrogen and oxygen atoms in total. The van der Waals surface area contributed by atoms with Crippen LogP contribution < -0.4 is 0 Å². The highest BCUT2D eigenvalue weighted by molar-refractivity contribution is 5.32. The first kappa shape index (κ1) is 29.3. The maximum Gasteiger partial charge on any atom is 0.460 e. The van der Waals surface area contributed by atoms with Crippen LogP contribution in [0.15, 0.2) is 24.3 Å². The van der Waals surface area contributed by atoms with E-state index in [1.807, 2.05) is 0 Å². The van der Waals surface area contributed by atoms with Gasteiger partial charge in [-0.1, -0.05) is 45.0 Å². The first-order chi connectivity index (χ1) is 14.2. The molecule has 1 N–H and O–H groups in total. The summed E-state index contributed by atoms with van der Waals surface area (Å²) in [6, 6.07) is 4.54. The monoisotopic (exact) mass is 510 g/mol. The van der Waals surface area contributed by atoms with Gasteiger partial charge in [-0.15, -0.1) is 0 Å². The normalized spacial score (nSPS) is 17.2. The summed E-state index contributed by atoms with van der Waals surface area (Å²) in [5, 5.41) is 10.3. The molecule has 0 radical (unpaired) electrons. The topological polar surface area (TPSA) is 20.2 Å². The Bertz CT molecular complexity index is 848. The average Bonchev–Trinajstić information content (AvgIpc) is 2.58. The van der Waals surface area contributed by atoms with Crippen LogP contribution in [0.3, 0.4) is 0 Å². The lowest BCUT2D eigenvalue weighted by Crippen LogP contribution is -2.70. The molecule has 0 heterocycles. The van der Waals surface area contributed by atoms with Crippen LogP contribution in [0.25, 0.3) is 0 Å². The van der Waals surface area contributed by atoms with Crippen LogP contribution in [0.4, 0.5) is 57.1 Å². The van der Waals surface area contributed by atoms with Crippen molar-refractivity contribution < 1.29 is 62.2 Å². The van der Waals surface area contributed by atoms with Gasteiger partial charge in [0.05, 0.1) is 12.0 Å². The molecule has 0 bridgehead atoms. The quantitative estimate of drug-likeness (QED) is 0.381. The Hall–Kier alpha value is -1.73. The van der Waals surface area contributed by atoms with Gasteiger partial charge in [-0.05, 0) is 23.5 Å². The largest absolute Gasteiger partial charge is 0.460 e. The van der Waals surface area contributed by atoms with E-state index in [4.69, 9.17) is 0 Å². The molecule has 1 unspecified atom stereocenters. The number of hydrogen-bond acceptors (Lipinski definition) is 1. The summed E-state index contributed by atoms with van der Waals surface area (Å²) >= 11 is 0. The van der Waals surface area contributed by atoms with E-state index < -0.39 is 58.8 Å². The summed E-state index contributed by atoms with van der Waals surface area (Å²) < 4.78 is 172. The molecule has 1 aromatic carbocycles. The highest BCUT2D eigenvalue weighted by Gasteiger charge is 2.90. The van der Waals surface area contributed by atoms with Gasteiger partial charge < -0.3 is 5.11 Å². The summed E-state index contributed by atoms with van der Waals surface area (Å²) in [6.07, 6.45) is -10.2. The molecule has 0 saturated heterocycles. The Morgan fingerprint density at radius 3 is 1.39 bits per heavy atom. The van der Waals surface area contributed by atoms with Crippen molar-refractivity contribution in [2.45, 2.75) is 80.9 Å². The molecule has 33 heavy (non-hydrogen) atoms. The van der Waals surface area contributed by atoms with Crippen LogP contribution in [-0.2, 0) is 11.0 Å². The van der Waals surface area contributed by atoms with Crippen molar-refractivity contribution in [1.29, 1.82) is 0 Å². The third kappa shape index (κ3) is 4.76. The van der Waals surface area contributed by atoms with Crippen LogP contribution in [-0.4, -0.2) is 40.9 Å². The van der Waals surface area contributed by atoms with E-state index in [0.29, 0.717) is 12.5 Å². The highest BCUT2D eigenvalue weighted by atomic mass is 19.4. The lowest BCUT2D eigenvalue weighted by molar-refractivity contribution is -0.441. The van der Waals surface area contributed by atoms with Gasteiger partial charge in [0.25, 0.3) is 0 Å². The number of rotatable bonds is 7. The van der Waals surface area contributed by atoms with Crippen LogP contribution in [0.5, 0.6) is 0 Å². The zero-order valence-electron chi connectivity index (χ0n) is 17.4. The fourth-order valence-electron chi connectivity index (χ4n) is 2.77. The molecule has 0 saturated carbocycles. The molecule has 0 fully saturated rings. The van der Waals surface area contributed by atoms with E-state index in [9.17, 15) is 62.2 Å². The highest BCUT2D eigenvalue weighted by Crippen LogP contribution is 2.61. The second-order valence-corrected chi connectivity index (χ2v) is 8.78. The first-order valence-electron chi connectivity index (χ1n) is 8.96. The van der Waals surface area contributed by atoms with E-state index in [0.717, 1.165) is 12.1 Å². The molecular formula is C19H19F13O. The van der Waals surface area contributed by atoms with Crippen molar-refractivity contribution in [1.82, 2.24) is 0 Å². The van der Waals surface area contributed by atoms with E-state index in [1.54, 1.807) is 20.8 Å². The molecule has 1 rings (SSSR count). The second-order valence-electron chi connectivity index (χ2n) is 8.78. The Morgan fingerprint density at radius 1 is 0.606 bits per heavy atom. The van der Waals surface area contributed by atoms with E-state index in [-0.39, 0.29) is 0 Å². The smallest absolute Gasteiger partial charge is 0.385 e. The molecule has 0 aromatic heterocycles. The molecule has 0 spiro atoms. The summed E-state index contributed by atoms with van der Waals surface area (Å²) in [5.74, 6) is -37.5. The Balaban J connectivity index is 3.49. The predicted molar refractivity (Wildman–Crippen MR) is 90.1 cm³/mol. The summed E-state index contributed by atoms with van der Waals surface area (Å²) in [7, 11) is 0. The van der Waals surface area contributed by atoms with Crippen molar-refractivity contribution in [3.63, 3.8) is 0 Å². The Labute approximate surface area is 179 Å². The minimum atomic E-state index is -7.97. The maximum atomic E-state index is 14.2. The van der Waals surface area contributed by atoms with Gasteiger partial charge in [0, 0.05) is 0 Å². The van der Waals surface area contributed by atoms with Crippen molar-refractivity contribution in [2.75, 3.05) is 0 Å². The average molecular weight is 510 g/mol. The van der Waals surface area contributed by atoms with Gasteiger partial charge in [0.2, 0.25) is 0 Å². The van der Waals surface area contributed by atoms with Gasteiger partial charge in [-0.25, -0.2) is 0 Å². The molecule has 0 aliphatic carbocycles. The molecule has 0 aliphatic heterocycles. The second kappa shape index (κ2) is 7.91. The zero-order valence-corrected chi connectivity index (χ0v) is 17.4. The van der Waals surface area contributed by atoms with Crippen LogP contribution >= 0.6 is 0 Å². The number of hydrogen-bond donors (Lipinski definition) is 1. The van der Waals surface area contributed by atoms with Crippen molar-refractivity contribution in [2.24, 2.45) is 0 Å². The molecule has 1 aromatic rings. The lowest BCUT2D eigenvalue weighted by Gasteiger charge is -2.41. The third-order valence-corrected chi connectivity index (χ3v) is 4.92. The fraction of sp³-hybridized carbons (Fsp3) is 0.684. The zero-order chi connectivity index (χ0) is 26.7. The molecular weight excluding hydrogens is 491 g/mol. The molecule has 1 atom stereocenters. The molecule has 0 amide bonds. The SMILES string of the molecule is CC(C)(C)c1cccc(C(C)(O)CC(F)(F)C(F)(F)C(F)(F)C(F)(F)C(F)(F)C(F)(F)F)c1. The van der Waals surface area contributed by atoms with Crippen LogP contribution in [0, 0.1) is 0 Å². The Kier molecular flexibility index (Phi) is 7.02. The molecule has 0 aliphatic rings. The maximum absolute atomic E-state index is 14.2. The van der Waals surface area contributed by atoms with E-state index >= 15 is 0 Å². The third-order valence-electron chi connectivity index (χ3n) is 4.92. The number of benzene rings is 1. The molecule has 14 heteroatoms. The van der Waals surface area contributed by atoms with Crippen LogP contribution in [0.2, 0.25) is 0 Å². The van der Waals surface area contributed by atoms with E-state index in [1.165, 1.54) is 12.1 Å².